The smallest absolute Gasteiger partial charge is 0.387 e. The number of rotatable bonds is 6. The van der Waals surface area contributed by atoms with Gasteiger partial charge in [0.25, 0.3) is 5.91 Å². The van der Waals surface area contributed by atoms with Gasteiger partial charge >= 0.3 is 6.61 Å². The Morgan fingerprint density at radius 2 is 1.94 bits per heavy atom. The third-order valence-corrected chi connectivity index (χ3v) is 5.27. The number of nitrogens with zero attached hydrogens (tertiary/aromatic N) is 3. The van der Waals surface area contributed by atoms with Crippen LogP contribution in [0.15, 0.2) is 48.5 Å². The summed E-state index contributed by atoms with van der Waals surface area (Å²) in [7, 11) is 1.70. The highest BCUT2D eigenvalue weighted by Crippen LogP contribution is 2.26. The molecule has 1 saturated heterocycles. The number of carbonyl (C=O) groups excluding carboxylic acids is 2. The quantitative estimate of drug-likeness (QED) is 0.705. The number of carbonyl (C=O) groups is 2. The van der Waals surface area contributed by atoms with E-state index in [4.69, 9.17) is 5.26 Å². The van der Waals surface area contributed by atoms with Gasteiger partial charge in [-0.25, -0.2) is 0 Å². The Morgan fingerprint density at radius 3 is 2.61 bits per heavy atom. The van der Waals surface area contributed by atoms with Crippen LogP contribution in [-0.4, -0.2) is 48.4 Å². The first-order valence-corrected chi connectivity index (χ1v) is 9.96. The minimum atomic E-state index is -3.03. The molecule has 3 rings (SSSR count). The second kappa shape index (κ2) is 10.0. The minimum Gasteiger partial charge on any atom is -0.434 e. The molecule has 0 aromatic heterocycles. The van der Waals surface area contributed by atoms with Crippen LogP contribution in [0.25, 0.3) is 0 Å². The van der Waals surface area contributed by atoms with Gasteiger partial charge in [-0.2, -0.15) is 14.0 Å². The Kier molecular flexibility index (Phi) is 7.19. The van der Waals surface area contributed by atoms with E-state index in [1.807, 2.05) is 0 Å². The van der Waals surface area contributed by atoms with Crippen molar-refractivity contribution >= 4 is 11.8 Å². The summed E-state index contributed by atoms with van der Waals surface area (Å²) in [5, 5.41) is 8.89. The van der Waals surface area contributed by atoms with E-state index in [0.29, 0.717) is 31.5 Å². The zero-order chi connectivity index (χ0) is 22.4. The second-order valence-corrected chi connectivity index (χ2v) is 7.47. The molecule has 0 spiro atoms. The number of nitriles is 1. The highest BCUT2D eigenvalue weighted by Gasteiger charge is 2.31. The van der Waals surface area contributed by atoms with Gasteiger partial charge in [0.15, 0.2) is 0 Å². The summed E-state index contributed by atoms with van der Waals surface area (Å²) in [4.78, 5) is 29.0. The van der Waals surface area contributed by atoms with Gasteiger partial charge in [0.1, 0.15) is 5.75 Å². The molecule has 1 unspecified atom stereocenters. The first-order valence-electron chi connectivity index (χ1n) is 9.96. The van der Waals surface area contributed by atoms with Crippen LogP contribution in [0.5, 0.6) is 5.75 Å². The SMILES string of the molecule is CN(Cc1ccc(C#N)cc1)C(=O)C1CCCN(C(=O)c2ccccc2OC(F)F)C1. The van der Waals surface area contributed by atoms with Crippen molar-refractivity contribution in [3.63, 3.8) is 0 Å². The molecule has 0 radical (unpaired) electrons. The van der Waals surface area contributed by atoms with Crippen molar-refractivity contribution in [3.05, 3.63) is 65.2 Å². The first-order chi connectivity index (χ1) is 14.9. The lowest BCUT2D eigenvalue weighted by Crippen LogP contribution is -2.45. The molecule has 2 aromatic rings. The number of likely N-dealkylation sites (tertiary alicyclic amines) is 1. The van der Waals surface area contributed by atoms with E-state index < -0.39 is 12.5 Å². The third kappa shape index (κ3) is 5.57. The van der Waals surface area contributed by atoms with Crippen molar-refractivity contribution in [3.8, 4) is 11.8 Å². The average Bonchev–Trinajstić information content (AvgIpc) is 2.78. The molecule has 31 heavy (non-hydrogen) atoms. The van der Waals surface area contributed by atoms with Gasteiger partial charge < -0.3 is 14.5 Å². The number of piperidine rings is 1. The molecule has 0 bridgehead atoms. The fraction of sp³-hybridized carbons (Fsp3) is 0.348. The maximum absolute atomic E-state index is 13.0. The third-order valence-electron chi connectivity index (χ3n) is 5.27. The summed E-state index contributed by atoms with van der Waals surface area (Å²) in [6.07, 6.45) is 1.29. The maximum Gasteiger partial charge on any atom is 0.387 e. The Bertz CT molecular complexity index is 973. The standard InChI is InChI=1S/C23H23F2N3O3/c1-27(14-17-10-8-16(13-26)9-11-17)21(29)18-5-4-12-28(15-18)22(30)19-6-2-3-7-20(19)31-23(24)25/h2-3,6-11,18,23H,4-5,12,14-15H2,1H3. The van der Waals surface area contributed by atoms with Gasteiger partial charge in [0.2, 0.25) is 5.91 Å². The largest absolute Gasteiger partial charge is 0.434 e. The van der Waals surface area contributed by atoms with E-state index in [9.17, 15) is 18.4 Å². The second-order valence-electron chi connectivity index (χ2n) is 7.47. The Hall–Kier alpha value is -3.47. The van der Waals surface area contributed by atoms with Crippen LogP contribution in [0, 0.1) is 17.2 Å². The lowest BCUT2D eigenvalue weighted by molar-refractivity contribution is -0.136. The molecule has 1 fully saturated rings. The highest BCUT2D eigenvalue weighted by atomic mass is 19.3. The van der Waals surface area contributed by atoms with Crippen LogP contribution < -0.4 is 4.74 Å². The molecule has 0 saturated carbocycles. The van der Waals surface area contributed by atoms with E-state index in [0.717, 1.165) is 5.56 Å². The summed E-state index contributed by atoms with van der Waals surface area (Å²) < 4.78 is 29.8. The summed E-state index contributed by atoms with van der Waals surface area (Å²) in [5.41, 5.74) is 1.51. The van der Waals surface area contributed by atoms with Gasteiger partial charge in [-0.15, -0.1) is 0 Å². The summed E-state index contributed by atoms with van der Waals surface area (Å²) in [6, 6.07) is 15.0. The van der Waals surface area contributed by atoms with Gasteiger partial charge in [0, 0.05) is 26.7 Å². The lowest BCUT2D eigenvalue weighted by atomic mass is 9.95. The van der Waals surface area contributed by atoms with Crippen LogP contribution in [-0.2, 0) is 11.3 Å². The minimum absolute atomic E-state index is 0.0573. The zero-order valence-electron chi connectivity index (χ0n) is 17.1. The summed E-state index contributed by atoms with van der Waals surface area (Å²) in [6.45, 7) is -1.97. The van der Waals surface area contributed by atoms with E-state index in [1.54, 1.807) is 42.3 Å². The van der Waals surface area contributed by atoms with Crippen molar-refractivity contribution < 1.29 is 23.1 Å². The predicted octanol–water partition coefficient (Wildman–Crippen LogP) is 3.67. The van der Waals surface area contributed by atoms with Crippen molar-refractivity contribution in [2.75, 3.05) is 20.1 Å². The Morgan fingerprint density at radius 1 is 1.23 bits per heavy atom. The summed E-state index contributed by atoms with van der Waals surface area (Å²) >= 11 is 0. The molecule has 2 aromatic carbocycles. The van der Waals surface area contributed by atoms with Gasteiger partial charge in [-0.05, 0) is 42.7 Å². The van der Waals surface area contributed by atoms with Crippen molar-refractivity contribution in [2.45, 2.75) is 26.0 Å². The monoisotopic (exact) mass is 427 g/mol. The number of amides is 2. The van der Waals surface area contributed by atoms with E-state index in [2.05, 4.69) is 10.8 Å². The molecule has 1 atom stereocenters. The molecule has 8 heteroatoms. The summed E-state index contributed by atoms with van der Waals surface area (Å²) in [5.74, 6) is -1.05. The molecule has 0 aliphatic carbocycles. The number of alkyl halides is 2. The van der Waals surface area contributed by atoms with Gasteiger partial charge in [-0.3, -0.25) is 9.59 Å². The van der Waals surface area contributed by atoms with Crippen molar-refractivity contribution in [2.24, 2.45) is 5.92 Å². The first kappa shape index (κ1) is 22.2. The van der Waals surface area contributed by atoms with Crippen LogP contribution in [0.1, 0.15) is 34.3 Å². The molecule has 0 N–H and O–H groups in total. The highest BCUT2D eigenvalue weighted by molar-refractivity contribution is 5.97. The van der Waals surface area contributed by atoms with E-state index >= 15 is 0 Å². The van der Waals surface area contributed by atoms with Gasteiger partial charge in [0.05, 0.1) is 23.1 Å². The van der Waals surface area contributed by atoms with E-state index in [-0.39, 0.29) is 29.7 Å². The Balaban J connectivity index is 1.66. The number of ether oxygens (including phenoxy) is 1. The number of hydrogen-bond donors (Lipinski definition) is 0. The molecular formula is C23H23F2N3O3. The fourth-order valence-electron chi connectivity index (χ4n) is 3.72. The molecule has 6 nitrogen and oxygen atoms in total. The maximum atomic E-state index is 13.0. The number of benzene rings is 2. The van der Waals surface area contributed by atoms with Crippen LogP contribution in [0.4, 0.5) is 8.78 Å². The van der Waals surface area contributed by atoms with Gasteiger partial charge in [-0.1, -0.05) is 24.3 Å². The molecule has 1 aliphatic rings. The predicted molar refractivity (Wildman–Crippen MR) is 109 cm³/mol. The molecule has 162 valence electrons. The topological polar surface area (TPSA) is 73.6 Å². The fourth-order valence-corrected chi connectivity index (χ4v) is 3.72. The number of halogens is 2. The normalized spacial score (nSPS) is 16.0. The van der Waals surface area contributed by atoms with Crippen LogP contribution >= 0.6 is 0 Å². The molecular weight excluding hydrogens is 404 g/mol. The van der Waals surface area contributed by atoms with E-state index in [1.165, 1.54) is 23.1 Å². The lowest BCUT2D eigenvalue weighted by Gasteiger charge is -2.34. The van der Waals surface area contributed by atoms with Crippen molar-refractivity contribution in [1.29, 1.82) is 5.26 Å². The van der Waals surface area contributed by atoms with Crippen LogP contribution in [0.2, 0.25) is 0 Å². The number of para-hydroxylation sites is 1. The Labute approximate surface area is 179 Å². The molecule has 1 aliphatic heterocycles. The number of hydrogen-bond acceptors (Lipinski definition) is 4. The molecule has 2 amide bonds. The zero-order valence-corrected chi connectivity index (χ0v) is 17.1. The molecule has 1 heterocycles. The average molecular weight is 427 g/mol. The van der Waals surface area contributed by atoms with Crippen LogP contribution in [0.3, 0.4) is 0 Å². The van der Waals surface area contributed by atoms with Crippen molar-refractivity contribution in [1.82, 2.24) is 9.80 Å².